The van der Waals surface area contributed by atoms with Crippen molar-refractivity contribution in [2.45, 2.75) is 12.7 Å². The zero-order valence-corrected chi connectivity index (χ0v) is 13.5. The third kappa shape index (κ3) is 9.78. The Morgan fingerprint density at radius 1 is 1.29 bits per heavy atom. The summed E-state index contributed by atoms with van der Waals surface area (Å²) < 4.78 is 29.4. The minimum Gasteiger partial charge on any atom is -0.389 e. The van der Waals surface area contributed by atoms with Crippen LogP contribution in [-0.4, -0.2) is 52.1 Å². The lowest BCUT2D eigenvalue weighted by atomic mass is 10.2. The van der Waals surface area contributed by atoms with Crippen molar-refractivity contribution in [3.8, 4) is 0 Å². The van der Waals surface area contributed by atoms with Crippen molar-refractivity contribution < 1.29 is 18.3 Å². The molecule has 0 aliphatic rings. The number of hydrogen-bond acceptors (Lipinski definition) is 5. The monoisotopic (exact) mass is 336 g/mol. The summed E-state index contributed by atoms with van der Waals surface area (Å²) in [4.78, 5) is 0. The topological polar surface area (TPSA) is 87.7 Å². The van der Waals surface area contributed by atoms with Gasteiger partial charge in [0.15, 0.2) is 0 Å². The van der Waals surface area contributed by atoms with Crippen molar-refractivity contribution in [3.05, 3.63) is 34.9 Å². The van der Waals surface area contributed by atoms with Gasteiger partial charge in [-0.3, -0.25) is 0 Å². The first kappa shape index (κ1) is 18.3. The van der Waals surface area contributed by atoms with E-state index in [2.05, 4.69) is 10.0 Å². The van der Waals surface area contributed by atoms with E-state index in [1.807, 2.05) is 12.1 Å². The smallest absolute Gasteiger partial charge is 0.208 e. The van der Waals surface area contributed by atoms with Crippen LogP contribution in [0.15, 0.2) is 24.3 Å². The first-order valence-electron chi connectivity index (χ1n) is 6.52. The molecule has 0 radical (unpaired) electrons. The molecule has 0 aliphatic heterocycles. The Bertz CT molecular complexity index is 507. The quantitative estimate of drug-likeness (QED) is 0.537. The molecule has 0 aliphatic carbocycles. The first-order chi connectivity index (χ1) is 9.87. The Balaban J connectivity index is 2.06. The van der Waals surface area contributed by atoms with E-state index in [-0.39, 0.29) is 13.2 Å². The highest BCUT2D eigenvalue weighted by Crippen LogP contribution is 2.10. The summed E-state index contributed by atoms with van der Waals surface area (Å²) in [5, 5.41) is 13.3. The van der Waals surface area contributed by atoms with Crippen molar-refractivity contribution in [1.82, 2.24) is 10.0 Å². The van der Waals surface area contributed by atoms with Crippen LogP contribution in [0.2, 0.25) is 5.02 Å². The average Bonchev–Trinajstić information content (AvgIpc) is 2.39. The van der Waals surface area contributed by atoms with Crippen LogP contribution in [0, 0.1) is 0 Å². The Morgan fingerprint density at radius 3 is 2.57 bits per heavy atom. The van der Waals surface area contributed by atoms with E-state index in [4.69, 9.17) is 16.3 Å². The lowest BCUT2D eigenvalue weighted by molar-refractivity contribution is 0.0290. The van der Waals surface area contributed by atoms with E-state index < -0.39 is 16.1 Å². The molecule has 1 rings (SSSR count). The molecule has 3 N–H and O–H groups in total. The number of sulfonamides is 1. The summed E-state index contributed by atoms with van der Waals surface area (Å²) in [6, 6.07) is 7.30. The number of aliphatic hydroxyl groups excluding tert-OH is 1. The van der Waals surface area contributed by atoms with E-state index in [9.17, 15) is 13.5 Å². The van der Waals surface area contributed by atoms with Crippen LogP contribution in [-0.2, 0) is 21.4 Å². The van der Waals surface area contributed by atoms with Crippen LogP contribution in [0.1, 0.15) is 5.56 Å². The molecule has 8 heteroatoms. The number of aliphatic hydroxyl groups is 1. The van der Waals surface area contributed by atoms with Gasteiger partial charge < -0.3 is 15.2 Å². The number of nitrogens with one attached hydrogen (secondary N) is 2. The maximum atomic E-state index is 10.8. The second-order valence-electron chi connectivity index (χ2n) is 4.67. The maximum Gasteiger partial charge on any atom is 0.208 e. The van der Waals surface area contributed by atoms with Crippen molar-refractivity contribution in [2.75, 3.05) is 32.5 Å². The fourth-order valence-electron chi connectivity index (χ4n) is 1.55. The highest BCUT2D eigenvalue weighted by atomic mass is 35.5. The van der Waals surface area contributed by atoms with Crippen molar-refractivity contribution in [2.24, 2.45) is 0 Å². The standard InChI is InChI=1S/C13H21ClN2O4S/c1-21(18,19)16-7-6-15-8-13(17)10-20-9-11-2-4-12(14)5-3-11/h2-5,13,15-17H,6-10H2,1H3. The normalized spacial score (nSPS) is 13.3. The number of benzene rings is 1. The Kier molecular flexibility index (Phi) is 8.16. The third-order valence-electron chi connectivity index (χ3n) is 2.54. The predicted molar refractivity (Wildman–Crippen MR) is 82.8 cm³/mol. The van der Waals surface area contributed by atoms with Crippen molar-refractivity contribution in [3.63, 3.8) is 0 Å². The Morgan fingerprint density at radius 2 is 1.95 bits per heavy atom. The van der Waals surface area contributed by atoms with E-state index in [1.165, 1.54) is 0 Å². The van der Waals surface area contributed by atoms with Crippen molar-refractivity contribution in [1.29, 1.82) is 0 Å². The average molecular weight is 337 g/mol. The third-order valence-corrected chi connectivity index (χ3v) is 3.52. The van der Waals surface area contributed by atoms with Gasteiger partial charge in [-0.1, -0.05) is 23.7 Å². The molecule has 1 atom stereocenters. The summed E-state index contributed by atoms with van der Waals surface area (Å²) in [6.45, 7) is 1.68. The summed E-state index contributed by atoms with van der Waals surface area (Å²) in [5.74, 6) is 0. The molecule has 0 bridgehead atoms. The molecule has 21 heavy (non-hydrogen) atoms. The minimum absolute atomic E-state index is 0.204. The Labute approximate surface area is 130 Å². The molecule has 0 heterocycles. The number of halogens is 1. The van der Waals surface area contributed by atoms with Gasteiger partial charge in [0, 0.05) is 24.7 Å². The van der Waals surface area contributed by atoms with E-state index >= 15 is 0 Å². The molecule has 0 spiro atoms. The van der Waals surface area contributed by atoms with Gasteiger partial charge in [-0.2, -0.15) is 0 Å². The molecule has 6 nitrogen and oxygen atoms in total. The van der Waals surface area contributed by atoms with Gasteiger partial charge in [0.1, 0.15) is 0 Å². The molecular weight excluding hydrogens is 316 g/mol. The zero-order chi connectivity index (χ0) is 15.7. The summed E-state index contributed by atoms with van der Waals surface area (Å²) in [6.07, 6.45) is 0.461. The van der Waals surface area contributed by atoms with Crippen LogP contribution in [0.25, 0.3) is 0 Å². The lowest BCUT2D eigenvalue weighted by Gasteiger charge is -2.12. The second kappa shape index (κ2) is 9.34. The second-order valence-corrected chi connectivity index (χ2v) is 6.94. The van der Waals surface area contributed by atoms with Gasteiger partial charge in [-0.15, -0.1) is 0 Å². The zero-order valence-electron chi connectivity index (χ0n) is 11.9. The number of hydrogen-bond donors (Lipinski definition) is 3. The molecule has 120 valence electrons. The predicted octanol–water partition coefficient (Wildman–Crippen LogP) is 0.356. The van der Waals surface area contributed by atoms with Crippen LogP contribution >= 0.6 is 11.6 Å². The summed E-state index contributed by atoms with van der Waals surface area (Å²) in [7, 11) is -3.16. The van der Waals surface area contributed by atoms with E-state index in [0.29, 0.717) is 24.7 Å². The van der Waals surface area contributed by atoms with Crippen LogP contribution < -0.4 is 10.0 Å². The molecule has 1 aromatic rings. The van der Waals surface area contributed by atoms with Gasteiger partial charge in [0.05, 0.1) is 25.6 Å². The SMILES string of the molecule is CS(=O)(=O)NCCNCC(O)COCc1ccc(Cl)cc1. The highest BCUT2D eigenvalue weighted by molar-refractivity contribution is 7.88. The fourth-order valence-corrected chi connectivity index (χ4v) is 2.14. The van der Waals surface area contributed by atoms with Crippen LogP contribution in [0.4, 0.5) is 0 Å². The highest BCUT2D eigenvalue weighted by Gasteiger charge is 2.04. The lowest BCUT2D eigenvalue weighted by Crippen LogP contribution is -2.36. The van der Waals surface area contributed by atoms with Gasteiger partial charge in [-0.05, 0) is 17.7 Å². The summed E-state index contributed by atoms with van der Waals surface area (Å²) >= 11 is 5.78. The van der Waals surface area contributed by atoms with E-state index in [0.717, 1.165) is 11.8 Å². The van der Waals surface area contributed by atoms with E-state index in [1.54, 1.807) is 12.1 Å². The molecule has 0 aromatic heterocycles. The maximum absolute atomic E-state index is 10.8. The van der Waals surface area contributed by atoms with Gasteiger partial charge >= 0.3 is 0 Å². The Hall–Kier alpha value is -0.700. The number of rotatable bonds is 10. The molecule has 0 fully saturated rings. The number of ether oxygens (including phenoxy) is 1. The summed E-state index contributed by atoms with van der Waals surface area (Å²) in [5.41, 5.74) is 0.983. The fraction of sp³-hybridized carbons (Fsp3) is 0.538. The molecular formula is C13H21ClN2O4S. The molecule has 0 amide bonds. The largest absolute Gasteiger partial charge is 0.389 e. The van der Waals surface area contributed by atoms with Crippen molar-refractivity contribution >= 4 is 21.6 Å². The molecule has 0 saturated carbocycles. The first-order valence-corrected chi connectivity index (χ1v) is 8.79. The van der Waals surface area contributed by atoms with Gasteiger partial charge in [0.2, 0.25) is 10.0 Å². The molecule has 1 aromatic carbocycles. The van der Waals surface area contributed by atoms with Crippen LogP contribution in [0.3, 0.4) is 0 Å². The minimum atomic E-state index is -3.16. The molecule has 1 unspecified atom stereocenters. The van der Waals surface area contributed by atoms with Gasteiger partial charge in [-0.25, -0.2) is 13.1 Å². The van der Waals surface area contributed by atoms with Gasteiger partial charge in [0.25, 0.3) is 0 Å². The molecule has 0 saturated heterocycles. The van der Waals surface area contributed by atoms with Crippen LogP contribution in [0.5, 0.6) is 0 Å².